The summed E-state index contributed by atoms with van der Waals surface area (Å²) in [5.41, 5.74) is 0. The van der Waals surface area contributed by atoms with Crippen molar-refractivity contribution in [2.45, 2.75) is 37.7 Å². The predicted molar refractivity (Wildman–Crippen MR) is 83.1 cm³/mol. The minimum absolute atomic E-state index is 0.0542. The topological polar surface area (TPSA) is 90.9 Å². The molecule has 0 aromatic heterocycles. The molecule has 0 fully saturated rings. The van der Waals surface area contributed by atoms with Gasteiger partial charge in [0.2, 0.25) is 0 Å². The molecule has 0 saturated carbocycles. The highest BCUT2D eigenvalue weighted by Crippen LogP contribution is 2.31. The predicted octanol–water partition coefficient (Wildman–Crippen LogP) is 1.47. The minimum atomic E-state index is -3.99. The first-order valence-electron chi connectivity index (χ1n) is 7.55. The van der Waals surface area contributed by atoms with Gasteiger partial charge in [-0.2, -0.15) is 0 Å². The van der Waals surface area contributed by atoms with Crippen LogP contribution in [0.25, 0.3) is 0 Å². The fourth-order valence-electron chi connectivity index (χ4n) is 2.15. The lowest BCUT2D eigenvalue weighted by atomic mass is 10.3. The summed E-state index contributed by atoms with van der Waals surface area (Å²) in [7, 11) is -3.99. The number of carbonyl (C=O) groups excluding carboxylic acids is 1. The Bertz CT molecular complexity index is 658. The van der Waals surface area contributed by atoms with Crippen LogP contribution in [-0.4, -0.2) is 40.2 Å². The maximum atomic E-state index is 12.4. The Hall–Kier alpha value is -1.80. The molecule has 1 aliphatic heterocycles. The number of fused-ring (bicyclic) bond motifs is 1. The number of carbonyl (C=O) groups is 1. The lowest BCUT2D eigenvalue weighted by Gasteiger charge is -2.15. The number of rotatable bonds is 6. The third kappa shape index (κ3) is 4.35. The summed E-state index contributed by atoms with van der Waals surface area (Å²) in [6.45, 7) is 4.79. The van der Waals surface area contributed by atoms with Crippen LogP contribution in [0, 0.1) is 0 Å². The Labute approximate surface area is 136 Å². The molecule has 0 saturated heterocycles. The molecule has 1 N–H and O–H groups in total. The Morgan fingerprint density at radius 3 is 2.61 bits per heavy atom. The van der Waals surface area contributed by atoms with Crippen LogP contribution in [0.5, 0.6) is 11.5 Å². The first kappa shape index (κ1) is 17.6. The van der Waals surface area contributed by atoms with Gasteiger partial charge in [-0.15, -0.1) is 0 Å². The number of hydrogen-bond donors (Lipinski definition) is 1. The number of benzene rings is 1. The minimum Gasteiger partial charge on any atom is -0.490 e. The van der Waals surface area contributed by atoms with E-state index in [2.05, 4.69) is 0 Å². The Kier molecular flexibility index (Phi) is 5.84. The Balaban J connectivity index is 2.19. The van der Waals surface area contributed by atoms with E-state index in [0.717, 1.165) is 6.42 Å². The molecule has 7 nitrogen and oxygen atoms in total. The number of hydrogen-bond acceptors (Lipinski definition) is 6. The standard InChI is InChI=1S/C15H21NO6S/c1-3-12(20-4-2)15(17)16-23(18,19)11-6-7-13-14(10-11)22-9-5-8-21-13/h6-7,10,12H,3-5,8-9H2,1-2H3,(H,16,17)/t12-/m0/s1. The zero-order chi connectivity index (χ0) is 16.9. The summed E-state index contributed by atoms with van der Waals surface area (Å²) < 4.78 is 42.9. The van der Waals surface area contributed by atoms with Crippen LogP contribution >= 0.6 is 0 Å². The van der Waals surface area contributed by atoms with Gasteiger partial charge in [0.05, 0.1) is 18.1 Å². The Morgan fingerprint density at radius 2 is 1.96 bits per heavy atom. The second kappa shape index (κ2) is 7.65. The molecular weight excluding hydrogens is 322 g/mol. The average molecular weight is 343 g/mol. The van der Waals surface area contributed by atoms with Gasteiger partial charge in [-0.05, 0) is 25.5 Å². The highest BCUT2D eigenvalue weighted by Gasteiger charge is 2.25. The molecule has 1 amide bonds. The molecule has 2 rings (SSSR count). The van der Waals surface area contributed by atoms with Crippen molar-refractivity contribution in [1.82, 2.24) is 4.72 Å². The molecule has 0 unspecified atom stereocenters. The highest BCUT2D eigenvalue weighted by molar-refractivity contribution is 7.90. The number of ether oxygens (including phenoxy) is 3. The van der Waals surface area contributed by atoms with E-state index in [9.17, 15) is 13.2 Å². The van der Waals surface area contributed by atoms with E-state index in [1.807, 2.05) is 4.72 Å². The molecule has 1 aromatic carbocycles. The molecule has 23 heavy (non-hydrogen) atoms. The van der Waals surface area contributed by atoms with Gasteiger partial charge >= 0.3 is 0 Å². The number of amides is 1. The molecule has 8 heteroatoms. The van der Waals surface area contributed by atoms with Crippen molar-refractivity contribution in [3.63, 3.8) is 0 Å². The first-order valence-corrected chi connectivity index (χ1v) is 9.04. The van der Waals surface area contributed by atoms with E-state index in [1.165, 1.54) is 18.2 Å². The van der Waals surface area contributed by atoms with Gasteiger partial charge in [0, 0.05) is 19.1 Å². The van der Waals surface area contributed by atoms with Gasteiger partial charge in [0.15, 0.2) is 11.5 Å². The summed E-state index contributed by atoms with van der Waals surface area (Å²) in [5.74, 6) is 0.171. The van der Waals surface area contributed by atoms with Crippen LogP contribution in [0.3, 0.4) is 0 Å². The van der Waals surface area contributed by atoms with Crippen LogP contribution < -0.4 is 14.2 Å². The van der Waals surface area contributed by atoms with Gasteiger partial charge in [-0.1, -0.05) is 6.92 Å². The van der Waals surface area contributed by atoms with Crippen LogP contribution in [0.1, 0.15) is 26.7 Å². The summed E-state index contributed by atoms with van der Waals surface area (Å²) in [4.78, 5) is 12.0. The fourth-order valence-corrected chi connectivity index (χ4v) is 3.17. The second-order valence-electron chi connectivity index (χ2n) is 4.98. The largest absolute Gasteiger partial charge is 0.490 e. The third-order valence-corrected chi connectivity index (χ3v) is 4.64. The molecule has 1 atom stereocenters. The molecule has 1 heterocycles. The fraction of sp³-hybridized carbons (Fsp3) is 0.533. The molecule has 0 aliphatic carbocycles. The summed E-state index contributed by atoms with van der Waals surface area (Å²) in [6.07, 6.45) is 0.311. The summed E-state index contributed by atoms with van der Waals surface area (Å²) in [6, 6.07) is 4.27. The maximum Gasteiger partial charge on any atom is 0.264 e. The van der Waals surface area contributed by atoms with Crippen LogP contribution in [0.4, 0.5) is 0 Å². The maximum absolute atomic E-state index is 12.4. The molecule has 1 aliphatic rings. The van der Waals surface area contributed by atoms with Crippen molar-refractivity contribution in [3.8, 4) is 11.5 Å². The van der Waals surface area contributed by atoms with Crippen LogP contribution in [-0.2, 0) is 19.6 Å². The van der Waals surface area contributed by atoms with E-state index >= 15 is 0 Å². The summed E-state index contributed by atoms with van der Waals surface area (Å²) in [5, 5.41) is 0. The molecule has 128 valence electrons. The van der Waals surface area contributed by atoms with Crippen molar-refractivity contribution in [3.05, 3.63) is 18.2 Å². The van der Waals surface area contributed by atoms with E-state index in [-0.39, 0.29) is 4.90 Å². The Morgan fingerprint density at radius 1 is 1.26 bits per heavy atom. The zero-order valence-corrected chi connectivity index (χ0v) is 14.0. The normalized spacial score (nSPS) is 15.6. The lowest BCUT2D eigenvalue weighted by Crippen LogP contribution is -2.39. The van der Waals surface area contributed by atoms with Gasteiger partial charge < -0.3 is 14.2 Å². The quantitative estimate of drug-likeness (QED) is 0.841. The van der Waals surface area contributed by atoms with E-state index in [4.69, 9.17) is 14.2 Å². The van der Waals surface area contributed by atoms with Gasteiger partial charge in [0.25, 0.3) is 15.9 Å². The van der Waals surface area contributed by atoms with Crippen molar-refractivity contribution >= 4 is 15.9 Å². The zero-order valence-electron chi connectivity index (χ0n) is 13.2. The monoisotopic (exact) mass is 343 g/mol. The number of sulfonamides is 1. The van der Waals surface area contributed by atoms with Crippen molar-refractivity contribution in [2.24, 2.45) is 0 Å². The van der Waals surface area contributed by atoms with Crippen molar-refractivity contribution in [2.75, 3.05) is 19.8 Å². The lowest BCUT2D eigenvalue weighted by molar-refractivity contribution is -0.130. The highest BCUT2D eigenvalue weighted by atomic mass is 32.2. The molecule has 1 aromatic rings. The molecule has 0 spiro atoms. The van der Waals surface area contributed by atoms with Gasteiger partial charge in [-0.25, -0.2) is 13.1 Å². The SMILES string of the molecule is CCO[C@@H](CC)C(=O)NS(=O)(=O)c1ccc2c(c1)OCCCO2. The molecule has 0 radical (unpaired) electrons. The average Bonchev–Trinajstić information content (AvgIpc) is 2.76. The smallest absolute Gasteiger partial charge is 0.264 e. The van der Waals surface area contributed by atoms with Crippen LogP contribution in [0.15, 0.2) is 23.1 Å². The number of nitrogens with one attached hydrogen (secondary N) is 1. The van der Waals surface area contributed by atoms with E-state index < -0.39 is 22.0 Å². The van der Waals surface area contributed by atoms with E-state index in [0.29, 0.717) is 37.7 Å². The van der Waals surface area contributed by atoms with E-state index in [1.54, 1.807) is 13.8 Å². The summed E-state index contributed by atoms with van der Waals surface area (Å²) >= 11 is 0. The van der Waals surface area contributed by atoms with Crippen molar-refractivity contribution < 1.29 is 27.4 Å². The van der Waals surface area contributed by atoms with Crippen molar-refractivity contribution in [1.29, 1.82) is 0 Å². The molecular formula is C15H21NO6S. The van der Waals surface area contributed by atoms with Crippen LogP contribution in [0.2, 0.25) is 0 Å². The van der Waals surface area contributed by atoms with Gasteiger partial charge in [-0.3, -0.25) is 4.79 Å². The van der Waals surface area contributed by atoms with Gasteiger partial charge in [0.1, 0.15) is 6.10 Å². The first-order chi connectivity index (χ1) is 11.0. The third-order valence-electron chi connectivity index (χ3n) is 3.30. The second-order valence-corrected chi connectivity index (χ2v) is 6.66. The molecule has 0 bridgehead atoms.